The molecule has 7 nitrogen and oxygen atoms in total. The Bertz CT molecular complexity index is 1430. The molecule has 3 aromatic rings. The van der Waals surface area contributed by atoms with Crippen molar-refractivity contribution in [1.29, 1.82) is 0 Å². The van der Waals surface area contributed by atoms with Crippen LogP contribution in [0.5, 0.6) is 0 Å². The molecule has 0 unspecified atom stereocenters. The van der Waals surface area contributed by atoms with Crippen molar-refractivity contribution in [3.05, 3.63) is 81.5 Å². The molecule has 0 bridgehead atoms. The van der Waals surface area contributed by atoms with E-state index in [0.29, 0.717) is 5.56 Å². The molecule has 1 aliphatic heterocycles. The van der Waals surface area contributed by atoms with Crippen LogP contribution >= 0.6 is 0 Å². The predicted octanol–water partition coefficient (Wildman–Crippen LogP) is 6.03. The Hall–Kier alpha value is -4.10. The highest BCUT2D eigenvalue weighted by Gasteiger charge is 2.44. The number of carboxylic acid groups (broad SMARTS) is 1. The zero-order valence-corrected chi connectivity index (χ0v) is 21.6. The molecule has 1 aliphatic rings. The first-order chi connectivity index (χ1) is 19.2. The Labute approximate surface area is 229 Å². The van der Waals surface area contributed by atoms with Gasteiger partial charge >= 0.3 is 18.3 Å². The molecule has 0 saturated carbocycles. The summed E-state index contributed by atoms with van der Waals surface area (Å²) in [7, 11) is 0. The van der Waals surface area contributed by atoms with E-state index in [-0.39, 0.29) is 55.0 Å². The number of fused-ring (bicyclic) bond motifs is 1. The van der Waals surface area contributed by atoms with E-state index >= 15 is 0 Å². The van der Waals surface area contributed by atoms with Crippen LogP contribution in [0.4, 0.5) is 36.6 Å². The smallest absolute Gasteiger partial charge is 0.436 e. The molecule has 2 aromatic carbocycles. The van der Waals surface area contributed by atoms with Crippen LogP contribution in [0, 0.1) is 0 Å². The summed E-state index contributed by atoms with van der Waals surface area (Å²) in [5, 5.41) is 15.1. The first-order valence-electron chi connectivity index (χ1n) is 12.5. The van der Waals surface area contributed by atoms with E-state index in [2.05, 4.69) is 10.4 Å². The highest BCUT2D eigenvalue weighted by atomic mass is 19.4. The lowest BCUT2D eigenvalue weighted by atomic mass is 10.0. The number of carbonyl (C=O) groups is 2. The lowest BCUT2D eigenvalue weighted by Gasteiger charge is -2.22. The van der Waals surface area contributed by atoms with E-state index in [1.54, 1.807) is 0 Å². The van der Waals surface area contributed by atoms with Gasteiger partial charge in [0.15, 0.2) is 5.69 Å². The summed E-state index contributed by atoms with van der Waals surface area (Å²) in [4.78, 5) is 25.7. The molecule has 0 aliphatic carbocycles. The normalized spacial score (nSPS) is 14.2. The van der Waals surface area contributed by atoms with E-state index in [0.717, 1.165) is 16.8 Å². The quantitative estimate of drug-likeness (QED) is 0.299. The zero-order chi connectivity index (χ0) is 30.1. The van der Waals surface area contributed by atoms with E-state index in [9.17, 15) is 40.3 Å². The predicted molar refractivity (Wildman–Crippen MR) is 133 cm³/mol. The van der Waals surface area contributed by atoms with Crippen molar-refractivity contribution in [2.75, 3.05) is 18.1 Å². The number of amides is 1. The standard InChI is InChI=1S/C27H25F7N4O3/c1-15(18-4-6-19(7-5-18)25(40)41)35-23(39)21-22(27(32,33)34)36-38-10-9-37(24(21)38)14-17-11-16(3-2-8-28)12-20(13-17)26(29,30)31/h4-7,11-13,15H,2-3,8-10,14H2,1H3,(H,35,39)(H,40,41)/t15-/m0/s1. The van der Waals surface area contributed by atoms with Crippen LogP contribution in [0.15, 0.2) is 42.5 Å². The van der Waals surface area contributed by atoms with Gasteiger partial charge < -0.3 is 15.3 Å². The summed E-state index contributed by atoms with van der Waals surface area (Å²) in [5.74, 6) is -2.46. The lowest BCUT2D eigenvalue weighted by molar-refractivity contribution is -0.142. The first kappa shape index (κ1) is 29.9. The van der Waals surface area contributed by atoms with Gasteiger partial charge in [-0.25, -0.2) is 9.48 Å². The molecule has 0 spiro atoms. The molecule has 2 heterocycles. The lowest BCUT2D eigenvalue weighted by Crippen LogP contribution is -2.31. The minimum Gasteiger partial charge on any atom is -0.478 e. The number of aromatic nitrogens is 2. The van der Waals surface area contributed by atoms with Gasteiger partial charge in [-0.1, -0.05) is 18.2 Å². The van der Waals surface area contributed by atoms with Crippen LogP contribution in [-0.2, 0) is 31.9 Å². The average molecular weight is 587 g/mol. The van der Waals surface area contributed by atoms with E-state index in [1.165, 1.54) is 42.2 Å². The molecule has 4 rings (SSSR count). The summed E-state index contributed by atoms with van der Waals surface area (Å²) < 4.78 is 96.2. The summed E-state index contributed by atoms with van der Waals surface area (Å²) >= 11 is 0. The number of aromatic carboxylic acids is 1. The molecule has 2 N–H and O–H groups in total. The Morgan fingerprint density at radius 3 is 2.24 bits per heavy atom. The molecule has 0 fully saturated rings. The number of nitrogens with one attached hydrogen (secondary N) is 1. The molecule has 220 valence electrons. The molecule has 1 atom stereocenters. The van der Waals surface area contributed by atoms with Gasteiger partial charge in [0.2, 0.25) is 0 Å². The third-order valence-electron chi connectivity index (χ3n) is 6.66. The van der Waals surface area contributed by atoms with Crippen LogP contribution < -0.4 is 10.2 Å². The summed E-state index contributed by atoms with van der Waals surface area (Å²) in [6.45, 7) is 0.582. The maximum absolute atomic E-state index is 14.0. The number of halogens is 7. The van der Waals surface area contributed by atoms with Crippen molar-refractivity contribution in [3.63, 3.8) is 0 Å². The number of benzene rings is 2. The minimum atomic E-state index is -5.00. The Balaban J connectivity index is 1.67. The van der Waals surface area contributed by atoms with Crippen LogP contribution in [0.25, 0.3) is 0 Å². The third-order valence-corrected chi connectivity index (χ3v) is 6.66. The molecular formula is C27H25F7N4O3. The van der Waals surface area contributed by atoms with E-state index in [1.807, 2.05) is 0 Å². The second-order valence-electron chi connectivity index (χ2n) is 9.64. The van der Waals surface area contributed by atoms with Gasteiger partial charge in [-0.3, -0.25) is 9.18 Å². The Kier molecular flexibility index (Phi) is 8.31. The van der Waals surface area contributed by atoms with Crippen LogP contribution in [-0.4, -0.2) is 40.0 Å². The number of hydrogen-bond donors (Lipinski definition) is 2. The van der Waals surface area contributed by atoms with Gasteiger partial charge in [-0.15, -0.1) is 0 Å². The van der Waals surface area contributed by atoms with Gasteiger partial charge in [0.05, 0.1) is 30.4 Å². The fourth-order valence-electron chi connectivity index (χ4n) is 4.73. The van der Waals surface area contributed by atoms with Gasteiger partial charge in [-0.2, -0.15) is 31.4 Å². The second-order valence-corrected chi connectivity index (χ2v) is 9.64. The van der Waals surface area contributed by atoms with Crippen molar-refractivity contribution in [2.24, 2.45) is 0 Å². The van der Waals surface area contributed by atoms with Crippen LogP contribution in [0.1, 0.15) is 68.1 Å². The second kappa shape index (κ2) is 11.4. The van der Waals surface area contributed by atoms with E-state index < -0.39 is 53.8 Å². The number of nitrogens with zero attached hydrogens (tertiary/aromatic N) is 3. The third kappa shape index (κ3) is 6.63. The van der Waals surface area contributed by atoms with Crippen LogP contribution in [0.2, 0.25) is 0 Å². The molecule has 14 heteroatoms. The summed E-state index contributed by atoms with van der Waals surface area (Å²) in [6, 6.07) is 7.83. The molecule has 1 amide bonds. The number of anilines is 1. The van der Waals surface area contributed by atoms with E-state index in [4.69, 9.17) is 5.11 Å². The minimum absolute atomic E-state index is 0.00765. The van der Waals surface area contributed by atoms with Crippen molar-refractivity contribution in [2.45, 2.75) is 51.2 Å². The number of carboxylic acids is 1. The first-order valence-corrected chi connectivity index (χ1v) is 12.5. The highest BCUT2D eigenvalue weighted by molar-refractivity contribution is 6.01. The molecule has 41 heavy (non-hydrogen) atoms. The molecule has 0 radical (unpaired) electrons. The van der Waals surface area contributed by atoms with Gasteiger partial charge in [0, 0.05) is 13.1 Å². The zero-order valence-electron chi connectivity index (χ0n) is 21.6. The number of rotatable bonds is 9. The van der Waals surface area contributed by atoms with Crippen molar-refractivity contribution >= 4 is 17.7 Å². The van der Waals surface area contributed by atoms with Crippen molar-refractivity contribution in [3.8, 4) is 0 Å². The molecule has 1 aromatic heterocycles. The van der Waals surface area contributed by atoms with Crippen molar-refractivity contribution < 1.29 is 45.4 Å². The SMILES string of the molecule is C[C@H](NC(=O)c1c(C(F)(F)F)nn2c1N(Cc1cc(CCCF)cc(C(F)(F)F)c1)CC2)c1ccc(C(=O)O)cc1. The fourth-order valence-corrected chi connectivity index (χ4v) is 4.73. The van der Waals surface area contributed by atoms with Crippen molar-refractivity contribution in [1.82, 2.24) is 15.1 Å². The van der Waals surface area contributed by atoms with Gasteiger partial charge in [-0.05, 0) is 60.7 Å². The highest BCUT2D eigenvalue weighted by Crippen LogP contribution is 2.39. The number of alkyl halides is 7. The Morgan fingerprint density at radius 1 is 1.00 bits per heavy atom. The van der Waals surface area contributed by atoms with Gasteiger partial charge in [0.1, 0.15) is 11.4 Å². The maximum atomic E-state index is 14.0. The Morgan fingerprint density at radius 2 is 1.66 bits per heavy atom. The monoisotopic (exact) mass is 586 g/mol. The number of carbonyl (C=O) groups excluding carboxylic acids is 1. The summed E-state index contributed by atoms with van der Waals surface area (Å²) in [6.07, 6.45) is -9.64. The molecule has 0 saturated heterocycles. The largest absolute Gasteiger partial charge is 0.478 e. The fraction of sp³-hybridized carbons (Fsp3) is 0.370. The van der Waals surface area contributed by atoms with Crippen LogP contribution in [0.3, 0.4) is 0 Å². The molecular weight excluding hydrogens is 561 g/mol. The number of hydrogen-bond acceptors (Lipinski definition) is 4. The average Bonchev–Trinajstić information content (AvgIpc) is 3.47. The summed E-state index contributed by atoms with van der Waals surface area (Å²) in [5.41, 5.74) is -2.38. The number of aryl methyl sites for hydroxylation is 1. The topological polar surface area (TPSA) is 87.5 Å². The maximum Gasteiger partial charge on any atom is 0.436 e. The van der Waals surface area contributed by atoms with Gasteiger partial charge in [0.25, 0.3) is 5.91 Å².